The van der Waals surface area contributed by atoms with Crippen LogP contribution in [0.4, 0.5) is 0 Å². The summed E-state index contributed by atoms with van der Waals surface area (Å²) in [6, 6.07) is 12.0. The summed E-state index contributed by atoms with van der Waals surface area (Å²) in [5.41, 5.74) is -0.509. The number of rotatable bonds is 3. The van der Waals surface area contributed by atoms with Crippen LogP contribution in [0.15, 0.2) is 64.4 Å². The van der Waals surface area contributed by atoms with E-state index in [1.165, 1.54) is 12.1 Å². The quantitative estimate of drug-likeness (QED) is 0.752. The van der Waals surface area contributed by atoms with Crippen LogP contribution in [0.2, 0.25) is 10.0 Å². The number of hydrogen-bond acceptors (Lipinski definition) is 4. The maximum atomic E-state index is 12.7. The van der Waals surface area contributed by atoms with E-state index in [1.807, 2.05) is 0 Å². The smallest absolute Gasteiger partial charge is 0.350 e. The zero-order valence-corrected chi connectivity index (χ0v) is 14.3. The van der Waals surface area contributed by atoms with Crippen LogP contribution in [0.1, 0.15) is 0 Å². The average Bonchev–Trinajstić information content (AvgIpc) is 2.86. The van der Waals surface area contributed by atoms with Gasteiger partial charge in [-0.1, -0.05) is 41.4 Å². The SMILES string of the molecule is O=c1n(-c2ccccc2)cc(O)n1S(=O)(=O)c1ccc(Cl)c(Cl)c1. The summed E-state index contributed by atoms with van der Waals surface area (Å²) in [6.07, 6.45) is 1.03. The molecule has 124 valence electrons. The van der Waals surface area contributed by atoms with E-state index in [-0.39, 0.29) is 14.9 Å². The Balaban J connectivity index is 2.21. The molecule has 3 aromatic rings. The standard InChI is InChI=1S/C15H10Cl2N2O4S/c16-12-7-6-11(8-13(12)17)24(22,23)19-14(20)9-18(15(19)21)10-4-2-1-3-5-10/h1-9,20H. The highest BCUT2D eigenvalue weighted by Crippen LogP contribution is 2.27. The Morgan fingerprint density at radius 1 is 0.958 bits per heavy atom. The molecule has 0 aliphatic heterocycles. The first-order chi connectivity index (χ1) is 11.3. The van der Waals surface area contributed by atoms with Gasteiger partial charge >= 0.3 is 5.69 Å². The Labute approximate surface area is 147 Å². The minimum atomic E-state index is -4.34. The second-order valence-electron chi connectivity index (χ2n) is 4.82. The van der Waals surface area contributed by atoms with E-state index < -0.39 is 21.6 Å². The third kappa shape index (κ3) is 2.71. The number of halogens is 2. The van der Waals surface area contributed by atoms with Crippen molar-refractivity contribution in [3.63, 3.8) is 0 Å². The van der Waals surface area contributed by atoms with Gasteiger partial charge in [-0.05, 0) is 30.3 Å². The van der Waals surface area contributed by atoms with Gasteiger partial charge in [0.1, 0.15) is 0 Å². The van der Waals surface area contributed by atoms with Crippen LogP contribution >= 0.6 is 23.2 Å². The third-order valence-electron chi connectivity index (χ3n) is 3.30. The molecule has 0 radical (unpaired) electrons. The zero-order valence-electron chi connectivity index (χ0n) is 11.9. The molecule has 0 amide bonds. The van der Waals surface area contributed by atoms with Crippen LogP contribution in [0.3, 0.4) is 0 Å². The largest absolute Gasteiger partial charge is 0.493 e. The Morgan fingerprint density at radius 2 is 1.62 bits per heavy atom. The number of benzene rings is 2. The normalized spacial score (nSPS) is 11.6. The fourth-order valence-electron chi connectivity index (χ4n) is 2.16. The molecule has 1 aromatic heterocycles. The number of hydrogen-bond donors (Lipinski definition) is 1. The van der Waals surface area contributed by atoms with Crippen LogP contribution < -0.4 is 5.69 Å². The molecule has 0 aliphatic carbocycles. The predicted molar refractivity (Wildman–Crippen MR) is 90.7 cm³/mol. The summed E-state index contributed by atoms with van der Waals surface area (Å²) < 4.78 is 26.7. The number of aromatic hydroxyl groups is 1. The zero-order chi connectivity index (χ0) is 17.5. The van der Waals surface area contributed by atoms with E-state index in [4.69, 9.17) is 23.2 Å². The predicted octanol–water partition coefficient (Wildman–Crippen LogP) is 2.89. The van der Waals surface area contributed by atoms with Gasteiger partial charge < -0.3 is 5.11 Å². The lowest BCUT2D eigenvalue weighted by Gasteiger charge is -2.06. The molecular weight excluding hydrogens is 375 g/mol. The molecule has 2 aromatic carbocycles. The summed E-state index contributed by atoms with van der Waals surface area (Å²) in [7, 11) is -4.34. The summed E-state index contributed by atoms with van der Waals surface area (Å²) in [5.74, 6) is -0.713. The Morgan fingerprint density at radius 3 is 2.25 bits per heavy atom. The van der Waals surface area contributed by atoms with Crippen molar-refractivity contribution in [3.05, 3.63) is 75.3 Å². The lowest BCUT2D eigenvalue weighted by molar-refractivity contribution is 0.443. The minimum Gasteiger partial charge on any atom is -0.493 e. The Bertz CT molecular complexity index is 1070. The average molecular weight is 385 g/mol. The van der Waals surface area contributed by atoms with Crippen molar-refractivity contribution in [3.8, 4) is 11.6 Å². The van der Waals surface area contributed by atoms with Crippen LogP contribution in [0.5, 0.6) is 5.88 Å². The molecule has 6 nitrogen and oxygen atoms in total. The summed E-state index contributed by atoms with van der Waals surface area (Å²) in [4.78, 5) is 12.2. The van der Waals surface area contributed by atoms with Crippen LogP contribution in [-0.4, -0.2) is 22.1 Å². The molecule has 0 unspecified atom stereocenters. The number of aromatic nitrogens is 2. The van der Waals surface area contributed by atoms with Gasteiger partial charge in [-0.15, -0.1) is 3.97 Å². The van der Waals surface area contributed by atoms with Crippen LogP contribution in [0, 0.1) is 0 Å². The van der Waals surface area contributed by atoms with Crippen molar-refractivity contribution in [1.29, 1.82) is 0 Å². The molecule has 0 fully saturated rings. The molecule has 0 atom stereocenters. The molecule has 0 saturated heterocycles. The van der Waals surface area contributed by atoms with Gasteiger partial charge in [0, 0.05) is 0 Å². The summed E-state index contributed by atoms with van der Waals surface area (Å²) in [5, 5.41) is 10.2. The number of para-hydroxylation sites is 1. The summed E-state index contributed by atoms with van der Waals surface area (Å²) >= 11 is 11.6. The maximum Gasteiger partial charge on any atom is 0.350 e. The lowest BCUT2D eigenvalue weighted by atomic mass is 10.3. The second kappa shape index (κ2) is 6.01. The third-order valence-corrected chi connectivity index (χ3v) is 5.71. The van der Waals surface area contributed by atoms with E-state index in [9.17, 15) is 18.3 Å². The lowest BCUT2D eigenvalue weighted by Crippen LogP contribution is -2.28. The van der Waals surface area contributed by atoms with Crippen molar-refractivity contribution in [1.82, 2.24) is 8.54 Å². The van der Waals surface area contributed by atoms with E-state index in [1.54, 1.807) is 30.3 Å². The van der Waals surface area contributed by atoms with E-state index in [2.05, 4.69) is 0 Å². The van der Waals surface area contributed by atoms with Crippen molar-refractivity contribution < 1.29 is 13.5 Å². The van der Waals surface area contributed by atoms with Gasteiger partial charge in [0.2, 0.25) is 5.88 Å². The fraction of sp³-hybridized carbons (Fsp3) is 0. The van der Waals surface area contributed by atoms with Gasteiger partial charge in [0.15, 0.2) is 0 Å². The molecule has 0 saturated carbocycles. The highest BCUT2D eigenvalue weighted by Gasteiger charge is 2.26. The van der Waals surface area contributed by atoms with Gasteiger partial charge in [-0.2, -0.15) is 0 Å². The van der Waals surface area contributed by atoms with Crippen molar-refractivity contribution >= 4 is 33.2 Å². The molecular formula is C15H10Cl2N2O4S. The Hall–Kier alpha value is -2.22. The van der Waals surface area contributed by atoms with Crippen LogP contribution in [0.25, 0.3) is 5.69 Å². The first-order valence-corrected chi connectivity index (χ1v) is 8.81. The molecule has 9 heteroatoms. The Kier molecular flexibility index (Phi) is 4.16. The highest BCUT2D eigenvalue weighted by atomic mass is 35.5. The molecule has 3 rings (SSSR count). The first-order valence-electron chi connectivity index (χ1n) is 6.62. The van der Waals surface area contributed by atoms with Gasteiger partial charge in [0.25, 0.3) is 10.0 Å². The van der Waals surface area contributed by atoms with Crippen molar-refractivity contribution in [2.24, 2.45) is 0 Å². The molecule has 1 heterocycles. The number of nitrogens with zero attached hydrogens (tertiary/aromatic N) is 2. The van der Waals surface area contributed by atoms with Gasteiger partial charge in [-0.25, -0.2) is 13.2 Å². The highest BCUT2D eigenvalue weighted by molar-refractivity contribution is 7.90. The topological polar surface area (TPSA) is 81.3 Å². The maximum absolute atomic E-state index is 12.7. The van der Waals surface area contributed by atoms with E-state index in [0.29, 0.717) is 9.66 Å². The van der Waals surface area contributed by atoms with Crippen molar-refractivity contribution in [2.45, 2.75) is 4.90 Å². The molecule has 0 aliphatic rings. The summed E-state index contributed by atoms with van der Waals surface area (Å²) in [6.45, 7) is 0. The van der Waals surface area contributed by atoms with E-state index in [0.717, 1.165) is 16.8 Å². The monoisotopic (exact) mass is 384 g/mol. The number of imidazole rings is 1. The molecule has 24 heavy (non-hydrogen) atoms. The van der Waals surface area contributed by atoms with Crippen molar-refractivity contribution in [2.75, 3.05) is 0 Å². The molecule has 0 spiro atoms. The molecule has 0 bridgehead atoms. The molecule has 1 N–H and O–H groups in total. The van der Waals surface area contributed by atoms with Gasteiger partial charge in [0.05, 0.1) is 26.8 Å². The second-order valence-corrected chi connectivity index (χ2v) is 7.42. The minimum absolute atomic E-state index is 0.0211. The first kappa shape index (κ1) is 16.6. The van der Waals surface area contributed by atoms with E-state index >= 15 is 0 Å². The fourth-order valence-corrected chi connectivity index (χ4v) is 3.83. The van der Waals surface area contributed by atoms with Crippen LogP contribution in [-0.2, 0) is 10.0 Å². The van der Waals surface area contributed by atoms with Gasteiger partial charge in [-0.3, -0.25) is 4.57 Å².